The lowest BCUT2D eigenvalue weighted by molar-refractivity contribution is 0.396. The summed E-state index contributed by atoms with van der Waals surface area (Å²) in [5, 5.41) is -0.110. The maximum absolute atomic E-state index is 13.8. The van der Waals surface area contributed by atoms with Crippen molar-refractivity contribution in [2.24, 2.45) is 0 Å². The number of halogens is 4. The molecule has 0 radical (unpaired) electrons. The van der Waals surface area contributed by atoms with E-state index in [1.54, 1.807) is 0 Å². The molecule has 0 aliphatic carbocycles. The molecule has 1 heterocycles. The fourth-order valence-electron chi connectivity index (χ4n) is 1.30. The number of rotatable bonds is 3. The molecule has 18 heavy (non-hydrogen) atoms. The maximum atomic E-state index is 13.8. The third-order valence-corrected chi connectivity index (χ3v) is 2.78. The first kappa shape index (κ1) is 13.1. The van der Waals surface area contributed by atoms with Gasteiger partial charge in [0.2, 0.25) is 0 Å². The smallest absolute Gasteiger partial charge is 0.256 e. The zero-order valence-corrected chi connectivity index (χ0v) is 10.5. The van der Waals surface area contributed by atoms with Gasteiger partial charge in [-0.1, -0.05) is 17.7 Å². The summed E-state index contributed by atoms with van der Waals surface area (Å²) in [5.41, 5.74) is 0.226. The van der Waals surface area contributed by atoms with E-state index in [0.717, 1.165) is 0 Å². The number of pyridine rings is 1. The lowest BCUT2D eigenvalue weighted by Gasteiger charge is -2.08. The third-order valence-electron chi connectivity index (χ3n) is 2.20. The SMILES string of the molecule is Fc1c(Cl)cccc1Oc1nccc(CCl)c1F. The predicted octanol–water partition coefficient (Wildman–Crippen LogP) is 4.54. The van der Waals surface area contributed by atoms with E-state index in [2.05, 4.69) is 4.98 Å². The van der Waals surface area contributed by atoms with Crippen molar-refractivity contribution in [3.05, 3.63) is 52.7 Å². The summed E-state index contributed by atoms with van der Waals surface area (Å²) in [6, 6.07) is 5.60. The van der Waals surface area contributed by atoms with E-state index in [1.807, 2.05) is 0 Å². The Morgan fingerprint density at radius 3 is 2.67 bits per heavy atom. The van der Waals surface area contributed by atoms with Gasteiger partial charge < -0.3 is 4.74 Å². The van der Waals surface area contributed by atoms with Gasteiger partial charge in [0.05, 0.1) is 10.9 Å². The average Bonchev–Trinajstić information content (AvgIpc) is 2.37. The van der Waals surface area contributed by atoms with Crippen molar-refractivity contribution in [3.8, 4) is 11.6 Å². The highest BCUT2D eigenvalue weighted by molar-refractivity contribution is 6.30. The highest BCUT2D eigenvalue weighted by Gasteiger charge is 2.14. The number of alkyl halides is 1. The van der Waals surface area contributed by atoms with Gasteiger partial charge in [-0.3, -0.25) is 0 Å². The molecule has 2 rings (SSSR count). The van der Waals surface area contributed by atoms with Crippen LogP contribution in [0.3, 0.4) is 0 Å². The van der Waals surface area contributed by atoms with E-state index < -0.39 is 11.6 Å². The summed E-state index contributed by atoms with van der Waals surface area (Å²) in [7, 11) is 0. The van der Waals surface area contributed by atoms with Crippen molar-refractivity contribution in [1.29, 1.82) is 0 Å². The first-order valence-electron chi connectivity index (χ1n) is 4.94. The largest absolute Gasteiger partial charge is 0.433 e. The number of aromatic nitrogens is 1. The molecular weight excluding hydrogens is 283 g/mol. The Morgan fingerprint density at radius 2 is 1.94 bits per heavy atom. The molecule has 0 unspecified atom stereocenters. The zero-order chi connectivity index (χ0) is 13.1. The molecule has 0 bridgehead atoms. The van der Waals surface area contributed by atoms with E-state index in [9.17, 15) is 8.78 Å². The number of hydrogen-bond donors (Lipinski definition) is 0. The number of nitrogens with zero attached hydrogens (tertiary/aromatic N) is 1. The van der Waals surface area contributed by atoms with Gasteiger partial charge in [0.25, 0.3) is 5.88 Å². The molecule has 0 fully saturated rings. The van der Waals surface area contributed by atoms with Crippen LogP contribution in [0.4, 0.5) is 8.78 Å². The standard InChI is InChI=1S/C12H7Cl2F2NO/c13-6-7-4-5-17-12(10(7)15)18-9-3-1-2-8(14)11(9)16/h1-5H,6H2. The molecule has 6 heteroatoms. The van der Waals surface area contributed by atoms with Gasteiger partial charge in [0, 0.05) is 11.8 Å². The molecule has 2 nitrogen and oxygen atoms in total. The number of ether oxygens (including phenoxy) is 1. The van der Waals surface area contributed by atoms with Gasteiger partial charge in [-0.25, -0.2) is 13.8 Å². The predicted molar refractivity (Wildman–Crippen MR) is 65.2 cm³/mol. The molecule has 0 atom stereocenters. The molecule has 1 aromatic heterocycles. The quantitative estimate of drug-likeness (QED) is 0.774. The Morgan fingerprint density at radius 1 is 1.17 bits per heavy atom. The normalized spacial score (nSPS) is 10.4. The molecule has 94 valence electrons. The van der Waals surface area contributed by atoms with Crippen molar-refractivity contribution in [3.63, 3.8) is 0 Å². The molecule has 0 saturated carbocycles. The Kier molecular flexibility index (Phi) is 3.99. The van der Waals surface area contributed by atoms with E-state index in [4.69, 9.17) is 27.9 Å². The molecule has 0 aliphatic heterocycles. The second kappa shape index (κ2) is 5.50. The van der Waals surface area contributed by atoms with E-state index in [0.29, 0.717) is 0 Å². The first-order valence-corrected chi connectivity index (χ1v) is 5.86. The van der Waals surface area contributed by atoms with Crippen LogP contribution in [-0.4, -0.2) is 4.98 Å². The van der Waals surface area contributed by atoms with Gasteiger partial charge in [-0.15, -0.1) is 11.6 Å². The summed E-state index contributed by atoms with van der Waals surface area (Å²) in [5.74, 6) is -2.04. The van der Waals surface area contributed by atoms with Crippen LogP contribution in [0.2, 0.25) is 5.02 Å². The number of hydrogen-bond acceptors (Lipinski definition) is 2. The highest BCUT2D eigenvalue weighted by Crippen LogP contribution is 2.29. The van der Waals surface area contributed by atoms with Crippen LogP contribution in [0, 0.1) is 11.6 Å². The lowest BCUT2D eigenvalue weighted by Crippen LogP contribution is -1.97. The molecule has 0 N–H and O–H groups in total. The molecule has 2 aromatic rings. The van der Waals surface area contributed by atoms with Crippen molar-refractivity contribution in [1.82, 2.24) is 4.98 Å². The summed E-state index contributed by atoms with van der Waals surface area (Å²) in [6.07, 6.45) is 1.33. The Balaban J connectivity index is 2.37. The van der Waals surface area contributed by atoms with Crippen LogP contribution in [0.15, 0.2) is 30.5 Å². The van der Waals surface area contributed by atoms with Crippen LogP contribution < -0.4 is 4.74 Å². The fraction of sp³-hybridized carbons (Fsp3) is 0.0833. The minimum atomic E-state index is -0.767. The number of benzene rings is 1. The monoisotopic (exact) mass is 289 g/mol. The van der Waals surface area contributed by atoms with Crippen molar-refractivity contribution in [2.45, 2.75) is 5.88 Å². The minimum Gasteiger partial charge on any atom is -0.433 e. The van der Waals surface area contributed by atoms with Crippen molar-refractivity contribution >= 4 is 23.2 Å². The Hall–Kier alpha value is -1.39. The first-order chi connectivity index (χ1) is 8.63. The van der Waals surface area contributed by atoms with E-state index >= 15 is 0 Å². The summed E-state index contributed by atoms with van der Waals surface area (Å²) in [4.78, 5) is 3.69. The van der Waals surface area contributed by atoms with Crippen LogP contribution >= 0.6 is 23.2 Å². The van der Waals surface area contributed by atoms with Crippen LogP contribution in [0.5, 0.6) is 11.6 Å². The van der Waals surface area contributed by atoms with Crippen molar-refractivity contribution in [2.75, 3.05) is 0 Å². The van der Waals surface area contributed by atoms with E-state index in [1.165, 1.54) is 30.5 Å². The summed E-state index contributed by atoms with van der Waals surface area (Å²) in [6.45, 7) is 0. The topological polar surface area (TPSA) is 22.1 Å². The molecule has 0 spiro atoms. The Labute approximate surface area is 112 Å². The Bertz CT molecular complexity index is 578. The van der Waals surface area contributed by atoms with Gasteiger partial charge >= 0.3 is 0 Å². The van der Waals surface area contributed by atoms with Gasteiger partial charge in [0.15, 0.2) is 17.4 Å². The van der Waals surface area contributed by atoms with Crippen molar-refractivity contribution < 1.29 is 13.5 Å². The van der Waals surface area contributed by atoms with Gasteiger partial charge in [-0.2, -0.15) is 0 Å². The molecule has 0 saturated heterocycles. The average molecular weight is 290 g/mol. The maximum Gasteiger partial charge on any atom is 0.256 e. The second-order valence-electron chi connectivity index (χ2n) is 3.38. The van der Waals surface area contributed by atoms with Gasteiger partial charge in [-0.05, 0) is 18.2 Å². The summed E-state index contributed by atoms with van der Waals surface area (Å²) >= 11 is 11.1. The molecule has 0 aliphatic rings. The fourth-order valence-corrected chi connectivity index (χ4v) is 1.68. The van der Waals surface area contributed by atoms with Crippen LogP contribution in [-0.2, 0) is 5.88 Å². The molecule has 1 aromatic carbocycles. The van der Waals surface area contributed by atoms with Crippen LogP contribution in [0.1, 0.15) is 5.56 Å². The van der Waals surface area contributed by atoms with E-state index in [-0.39, 0.29) is 28.1 Å². The highest BCUT2D eigenvalue weighted by atomic mass is 35.5. The molecule has 0 amide bonds. The van der Waals surface area contributed by atoms with Gasteiger partial charge in [0.1, 0.15) is 0 Å². The minimum absolute atomic E-state index is 0.0251. The lowest BCUT2D eigenvalue weighted by atomic mass is 10.3. The second-order valence-corrected chi connectivity index (χ2v) is 4.05. The third kappa shape index (κ3) is 2.54. The summed E-state index contributed by atoms with van der Waals surface area (Å²) < 4.78 is 32.4. The molecular formula is C12H7Cl2F2NO. The zero-order valence-electron chi connectivity index (χ0n) is 8.96. The van der Waals surface area contributed by atoms with Crippen LogP contribution in [0.25, 0.3) is 0 Å².